The molecule has 0 unspecified atom stereocenters. The monoisotopic (exact) mass is 446 g/mol. The van der Waals surface area contributed by atoms with Gasteiger partial charge < -0.3 is 5.32 Å². The fourth-order valence-corrected chi connectivity index (χ4v) is 5.78. The number of nitrogens with one attached hydrogen (secondary N) is 1. The number of thioether (sulfide) groups is 1. The van der Waals surface area contributed by atoms with Gasteiger partial charge in [0.15, 0.2) is 5.16 Å². The molecule has 162 valence electrons. The molecule has 6 nitrogen and oxygen atoms in total. The van der Waals surface area contributed by atoms with Gasteiger partial charge in [-0.05, 0) is 52.0 Å². The molecule has 1 N–H and O–H groups in total. The summed E-state index contributed by atoms with van der Waals surface area (Å²) in [6.45, 7) is 11.4. The molecule has 0 aromatic carbocycles. The van der Waals surface area contributed by atoms with Crippen molar-refractivity contribution in [1.29, 1.82) is 5.26 Å². The van der Waals surface area contributed by atoms with Gasteiger partial charge >= 0.3 is 0 Å². The Morgan fingerprint density at radius 3 is 2.53 bits per heavy atom. The van der Waals surface area contributed by atoms with Crippen LogP contribution in [0.15, 0.2) is 9.95 Å². The molecule has 2 aromatic heterocycles. The highest BCUT2D eigenvalue weighted by Crippen LogP contribution is 2.35. The van der Waals surface area contributed by atoms with Crippen LogP contribution in [-0.2, 0) is 4.79 Å². The Balaban J connectivity index is 1.98. The molecule has 2 aromatic rings. The Bertz CT molecular complexity index is 1060. The van der Waals surface area contributed by atoms with E-state index < -0.39 is 10.8 Å². The van der Waals surface area contributed by atoms with Gasteiger partial charge in [0.05, 0.1) is 16.7 Å². The third kappa shape index (κ3) is 4.15. The molecule has 0 spiro atoms. The Morgan fingerprint density at radius 2 is 1.97 bits per heavy atom. The molecule has 1 aliphatic carbocycles. The molecule has 2 heterocycles. The van der Waals surface area contributed by atoms with Gasteiger partial charge in [-0.3, -0.25) is 14.2 Å². The van der Waals surface area contributed by atoms with Crippen LogP contribution in [0.25, 0.3) is 10.2 Å². The van der Waals surface area contributed by atoms with Crippen molar-refractivity contribution in [2.24, 2.45) is 5.92 Å². The van der Waals surface area contributed by atoms with Crippen LogP contribution in [0, 0.1) is 31.1 Å². The van der Waals surface area contributed by atoms with Gasteiger partial charge in [-0.1, -0.05) is 38.5 Å². The first-order valence-electron chi connectivity index (χ1n) is 10.5. The molecule has 0 aliphatic heterocycles. The number of amides is 1. The lowest BCUT2D eigenvalue weighted by Crippen LogP contribution is -2.51. The smallest absolute Gasteiger partial charge is 0.263 e. The quantitative estimate of drug-likeness (QED) is 0.512. The van der Waals surface area contributed by atoms with Crippen LogP contribution < -0.4 is 10.9 Å². The van der Waals surface area contributed by atoms with Crippen molar-refractivity contribution in [2.75, 3.05) is 0 Å². The number of aromatic nitrogens is 2. The molecule has 0 bridgehead atoms. The van der Waals surface area contributed by atoms with Gasteiger partial charge in [0.1, 0.15) is 10.4 Å². The second kappa shape index (κ2) is 8.72. The standard InChI is InChI=1S/C22H30N4O2S2/c1-12(2)22(6,11-23)25-18(27)15(5)30-21-24-19-17(13(3)14(4)29-19)20(28)26(21)16-9-7-8-10-16/h12,15-16H,7-10H2,1-6H3,(H,25,27)/t15-,22+/m1/s1. The number of carbonyl (C=O) groups is 1. The summed E-state index contributed by atoms with van der Waals surface area (Å²) in [6.07, 6.45) is 4.13. The molecule has 1 fully saturated rings. The number of thiophene rings is 1. The summed E-state index contributed by atoms with van der Waals surface area (Å²) in [7, 11) is 0. The first-order chi connectivity index (χ1) is 14.1. The number of nitriles is 1. The zero-order chi connectivity index (χ0) is 22.2. The molecule has 1 saturated carbocycles. The van der Waals surface area contributed by atoms with Crippen molar-refractivity contribution in [3.05, 3.63) is 20.8 Å². The maximum absolute atomic E-state index is 13.5. The van der Waals surface area contributed by atoms with Crippen molar-refractivity contribution < 1.29 is 4.79 Å². The second-order valence-electron chi connectivity index (χ2n) is 8.69. The van der Waals surface area contributed by atoms with E-state index in [1.807, 2.05) is 32.3 Å². The summed E-state index contributed by atoms with van der Waals surface area (Å²) in [5.74, 6) is -0.240. The van der Waals surface area contributed by atoms with Gasteiger partial charge in [-0.15, -0.1) is 11.3 Å². The normalized spacial score (nSPS) is 17.8. The summed E-state index contributed by atoms with van der Waals surface area (Å²) in [5.41, 5.74) is 0.0762. The van der Waals surface area contributed by atoms with E-state index in [0.29, 0.717) is 10.5 Å². The average molecular weight is 447 g/mol. The fraction of sp³-hybridized carbons (Fsp3) is 0.636. The third-order valence-corrected chi connectivity index (χ3v) is 8.48. The lowest BCUT2D eigenvalue weighted by Gasteiger charge is -2.29. The van der Waals surface area contributed by atoms with Crippen LogP contribution in [0.2, 0.25) is 0 Å². The number of fused-ring (bicyclic) bond motifs is 1. The van der Waals surface area contributed by atoms with Gasteiger partial charge in [0, 0.05) is 10.9 Å². The highest BCUT2D eigenvalue weighted by molar-refractivity contribution is 8.00. The zero-order valence-electron chi connectivity index (χ0n) is 18.5. The van der Waals surface area contributed by atoms with Crippen LogP contribution in [0.5, 0.6) is 0 Å². The zero-order valence-corrected chi connectivity index (χ0v) is 20.2. The van der Waals surface area contributed by atoms with E-state index in [4.69, 9.17) is 4.98 Å². The summed E-state index contributed by atoms with van der Waals surface area (Å²) < 4.78 is 1.83. The van der Waals surface area contributed by atoms with Crippen LogP contribution in [0.4, 0.5) is 0 Å². The summed E-state index contributed by atoms with van der Waals surface area (Å²) >= 11 is 2.84. The molecule has 0 radical (unpaired) electrons. The average Bonchev–Trinajstić information content (AvgIpc) is 3.30. The maximum Gasteiger partial charge on any atom is 0.263 e. The van der Waals surface area contributed by atoms with E-state index in [1.54, 1.807) is 13.8 Å². The van der Waals surface area contributed by atoms with E-state index in [1.165, 1.54) is 23.1 Å². The molecular weight excluding hydrogens is 416 g/mol. The topological polar surface area (TPSA) is 87.8 Å². The van der Waals surface area contributed by atoms with Crippen molar-refractivity contribution in [3.8, 4) is 6.07 Å². The van der Waals surface area contributed by atoms with Crippen LogP contribution in [-0.4, -0.2) is 26.2 Å². The first-order valence-corrected chi connectivity index (χ1v) is 12.2. The number of hydrogen-bond donors (Lipinski definition) is 1. The van der Waals surface area contributed by atoms with E-state index in [-0.39, 0.29) is 23.4 Å². The number of aryl methyl sites for hydroxylation is 2. The first kappa shape index (κ1) is 22.8. The number of hydrogen-bond acceptors (Lipinski definition) is 6. The van der Waals surface area contributed by atoms with Crippen LogP contribution in [0.1, 0.15) is 69.9 Å². The summed E-state index contributed by atoms with van der Waals surface area (Å²) in [5, 5.41) is 13.2. The molecule has 0 saturated heterocycles. The van der Waals surface area contributed by atoms with E-state index in [2.05, 4.69) is 11.4 Å². The number of nitrogens with zero attached hydrogens (tertiary/aromatic N) is 3. The van der Waals surface area contributed by atoms with Crippen molar-refractivity contribution in [2.45, 2.75) is 89.2 Å². The molecule has 30 heavy (non-hydrogen) atoms. The molecular formula is C22H30N4O2S2. The van der Waals surface area contributed by atoms with Crippen molar-refractivity contribution in [1.82, 2.24) is 14.9 Å². The van der Waals surface area contributed by atoms with Gasteiger partial charge in [0.25, 0.3) is 5.56 Å². The van der Waals surface area contributed by atoms with E-state index in [0.717, 1.165) is 41.0 Å². The largest absolute Gasteiger partial charge is 0.337 e. The fourth-order valence-electron chi connectivity index (χ4n) is 3.73. The highest BCUT2D eigenvalue weighted by Gasteiger charge is 2.33. The minimum atomic E-state index is -0.934. The lowest BCUT2D eigenvalue weighted by molar-refractivity contribution is -0.121. The summed E-state index contributed by atoms with van der Waals surface area (Å²) in [4.78, 5) is 33.0. The number of carbonyl (C=O) groups excluding carboxylic acids is 1. The molecule has 8 heteroatoms. The second-order valence-corrected chi connectivity index (χ2v) is 11.2. The SMILES string of the molecule is Cc1sc2nc(S[C@H](C)C(=O)N[C@@](C)(C#N)C(C)C)n(C3CCCC3)c(=O)c2c1C. The predicted molar refractivity (Wildman–Crippen MR) is 123 cm³/mol. The minimum Gasteiger partial charge on any atom is -0.337 e. The van der Waals surface area contributed by atoms with Gasteiger partial charge in [-0.2, -0.15) is 5.26 Å². The Kier molecular flexibility index (Phi) is 6.63. The van der Waals surface area contributed by atoms with Crippen molar-refractivity contribution >= 4 is 39.2 Å². The van der Waals surface area contributed by atoms with Crippen molar-refractivity contribution in [3.63, 3.8) is 0 Å². The Morgan fingerprint density at radius 1 is 1.33 bits per heavy atom. The molecule has 3 rings (SSSR count). The summed E-state index contributed by atoms with van der Waals surface area (Å²) in [6, 6.07) is 2.35. The third-order valence-electron chi connectivity index (χ3n) is 6.31. The van der Waals surface area contributed by atoms with Gasteiger partial charge in [0.2, 0.25) is 5.91 Å². The Labute approximate surface area is 186 Å². The van der Waals surface area contributed by atoms with Gasteiger partial charge in [-0.25, -0.2) is 4.98 Å². The van der Waals surface area contributed by atoms with E-state index >= 15 is 0 Å². The lowest BCUT2D eigenvalue weighted by atomic mass is 9.90. The molecule has 1 aliphatic rings. The highest BCUT2D eigenvalue weighted by atomic mass is 32.2. The maximum atomic E-state index is 13.5. The van der Waals surface area contributed by atoms with E-state index in [9.17, 15) is 14.9 Å². The van der Waals surface area contributed by atoms with Crippen LogP contribution in [0.3, 0.4) is 0 Å². The number of rotatable bonds is 6. The predicted octanol–water partition coefficient (Wildman–Crippen LogP) is 4.73. The van der Waals surface area contributed by atoms with Crippen LogP contribution >= 0.6 is 23.1 Å². The Hall–Kier alpha value is -1.85. The molecule has 1 amide bonds. The minimum absolute atomic E-state index is 0.00732. The molecule has 2 atom stereocenters.